The molecule has 17 heavy (non-hydrogen) atoms. The van der Waals surface area contributed by atoms with E-state index in [2.05, 4.69) is 4.98 Å². The maximum Gasteiger partial charge on any atom is 0.312 e. The number of aryl methyl sites for hydroxylation is 1. The molecule has 1 aromatic rings. The van der Waals surface area contributed by atoms with Crippen molar-refractivity contribution in [3.8, 4) is 0 Å². The van der Waals surface area contributed by atoms with Crippen molar-refractivity contribution in [2.45, 2.75) is 23.6 Å². The summed E-state index contributed by atoms with van der Waals surface area (Å²) in [4.78, 5) is 15.4. The van der Waals surface area contributed by atoms with Gasteiger partial charge in [0.15, 0.2) is 0 Å². The van der Waals surface area contributed by atoms with Gasteiger partial charge in [-0.3, -0.25) is 9.78 Å². The predicted molar refractivity (Wildman–Crippen MR) is 66.1 cm³/mol. The van der Waals surface area contributed by atoms with Crippen LogP contribution in [0.25, 0.3) is 0 Å². The zero-order valence-corrected chi connectivity index (χ0v) is 10.7. The molecule has 1 aromatic heterocycles. The molecule has 1 heterocycles. The monoisotopic (exact) mass is 273 g/mol. The van der Waals surface area contributed by atoms with Crippen LogP contribution in [0.15, 0.2) is 24.5 Å². The first-order chi connectivity index (χ1) is 8.09. The van der Waals surface area contributed by atoms with Crippen LogP contribution >= 0.6 is 23.2 Å². The Morgan fingerprint density at radius 2 is 2.35 bits per heavy atom. The maximum absolute atomic E-state index is 11.4. The zero-order valence-electron chi connectivity index (χ0n) is 9.23. The first-order valence-corrected chi connectivity index (χ1v) is 6.28. The topological polar surface area (TPSA) is 39.2 Å². The first kappa shape index (κ1) is 12.7. The number of carbonyl (C=O) groups excluding carboxylic acids is 1. The van der Waals surface area contributed by atoms with Gasteiger partial charge in [-0.15, -0.1) is 23.2 Å². The highest BCUT2D eigenvalue weighted by Gasteiger charge is 2.57. The van der Waals surface area contributed by atoms with Gasteiger partial charge < -0.3 is 4.74 Å². The van der Waals surface area contributed by atoms with Crippen molar-refractivity contribution in [2.24, 2.45) is 5.92 Å². The number of esters is 1. The number of rotatable bonds is 5. The van der Waals surface area contributed by atoms with Crippen LogP contribution in [0.2, 0.25) is 0 Å². The number of alkyl halides is 2. The third kappa shape index (κ3) is 3.58. The molecule has 0 N–H and O–H groups in total. The Balaban J connectivity index is 1.63. The van der Waals surface area contributed by atoms with Gasteiger partial charge in [0.05, 0.1) is 12.5 Å². The number of hydrogen-bond acceptors (Lipinski definition) is 3. The fraction of sp³-hybridized carbons (Fsp3) is 0.500. The molecule has 3 nitrogen and oxygen atoms in total. The smallest absolute Gasteiger partial charge is 0.312 e. The highest BCUT2D eigenvalue weighted by atomic mass is 35.5. The molecule has 0 aromatic carbocycles. The van der Waals surface area contributed by atoms with E-state index >= 15 is 0 Å². The number of aromatic nitrogens is 1. The maximum atomic E-state index is 11.4. The van der Waals surface area contributed by atoms with Gasteiger partial charge in [-0.1, -0.05) is 6.07 Å². The standard InChI is InChI=1S/C12H13Cl2NO2/c13-12(14)7-10(12)11(16)17-6-2-4-9-3-1-5-15-8-9/h1,3,5,8,10H,2,4,6-7H2. The zero-order chi connectivity index (χ0) is 12.3. The molecular weight excluding hydrogens is 261 g/mol. The summed E-state index contributed by atoms with van der Waals surface area (Å²) in [6, 6.07) is 3.89. The van der Waals surface area contributed by atoms with Gasteiger partial charge in [0.25, 0.3) is 0 Å². The highest BCUT2D eigenvalue weighted by molar-refractivity contribution is 6.52. The van der Waals surface area contributed by atoms with Crippen molar-refractivity contribution in [1.29, 1.82) is 0 Å². The van der Waals surface area contributed by atoms with Crippen LogP contribution in [0, 0.1) is 5.92 Å². The Labute approximate surface area is 110 Å². The van der Waals surface area contributed by atoms with Crippen molar-refractivity contribution < 1.29 is 9.53 Å². The second-order valence-electron chi connectivity index (χ2n) is 4.15. The summed E-state index contributed by atoms with van der Waals surface area (Å²) in [5.41, 5.74) is 1.14. The fourth-order valence-corrected chi connectivity index (χ4v) is 2.05. The third-order valence-electron chi connectivity index (χ3n) is 2.69. The molecule has 1 aliphatic rings. The van der Waals surface area contributed by atoms with Crippen LogP contribution in [-0.2, 0) is 16.0 Å². The molecular formula is C12H13Cl2NO2. The Morgan fingerprint density at radius 3 is 2.94 bits per heavy atom. The lowest BCUT2D eigenvalue weighted by atomic mass is 10.2. The molecule has 1 unspecified atom stereocenters. The van der Waals surface area contributed by atoms with E-state index in [1.807, 2.05) is 18.3 Å². The predicted octanol–water partition coefficient (Wildman–Crippen LogP) is 2.75. The van der Waals surface area contributed by atoms with E-state index in [1.54, 1.807) is 6.20 Å². The number of hydrogen-bond donors (Lipinski definition) is 0. The lowest BCUT2D eigenvalue weighted by Crippen LogP contribution is -2.12. The molecule has 92 valence electrons. The van der Waals surface area contributed by atoms with Gasteiger partial charge in [0, 0.05) is 12.4 Å². The summed E-state index contributed by atoms with van der Waals surface area (Å²) < 4.78 is 4.21. The lowest BCUT2D eigenvalue weighted by Gasteiger charge is -2.04. The second-order valence-corrected chi connectivity index (χ2v) is 5.69. The van der Waals surface area contributed by atoms with Crippen LogP contribution in [0.5, 0.6) is 0 Å². The summed E-state index contributed by atoms with van der Waals surface area (Å²) >= 11 is 11.5. The molecule has 1 aliphatic carbocycles. The average molecular weight is 274 g/mol. The van der Waals surface area contributed by atoms with Gasteiger partial charge in [-0.2, -0.15) is 0 Å². The van der Waals surface area contributed by atoms with E-state index in [9.17, 15) is 4.79 Å². The normalized spacial score (nSPS) is 20.9. The number of halogens is 2. The van der Waals surface area contributed by atoms with Gasteiger partial charge in [0.1, 0.15) is 4.33 Å². The molecule has 1 fully saturated rings. The molecule has 1 saturated carbocycles. The Morgan fingerprint density at radius 1 is 1.59 bits per heavy atom. The van der Waals surface area contributed by atoms with E-state index in [-0.39, 0.29) is 11.9 Å². The van der Waals surface area contributed by atoms with Crippen molar-refractivity contribution in [3.63, 3.8) is 0 Å². The molecule has 0 saturated heterocycles. The summed E-state index contributed by atoms with van der Waals surface area (Å²) in [6.45, 7) is 0.397. The van der Waals surface area contributed by atoms with E-state index in [0.717, 1.165) is 18.4 Å². The van der Waals surface area contributed by atoms with E-state index < -0.39 is 4.33 Å². The van der Waals surface area contributed by atoms with Crippen LogP contribution in [0.3, 0.4) is 0 Å². The molecule has 0 amide bonds. The fourth-order valence-electron chi connectivity index (χ4n) is 1.56. The minimum absolute atomic E-state index is 0.291. The number of nitrogens with zero attached hydrogens (tertiary/aromatic N) is 1. The molecule has 0 spiro atoms. The van der Waals surface area contributed by atoms with Crippen molar-refractivity contribution in [1.82, 2.24) is 4.98 Å². The Hall–Kier alpha value is -0.800. The third-order valence-corrected chi connectivity index (χ3v) is 3.52. The summed E-state index contributed by atoms with van der Waals surface area (Å²) in [7, 11) is 0. The van der Waals surface area contributed by atoms with Crippen molar-refractivity contribution >= 4 is 29.2 Å². The highest BCUT2D eigenvalue weighted by Crippen LogP contribution is 2.53. The number of carbonyl (C=O) groups is 1. The second kappa shape index (κ2) is 5.23. The Bertz CT molecular complexity index is 395. The van der Waals surface area contributed by atoms with Gasteiger partial charge in [-0.05, 0) is 30.9 Å². The van der Waals surface area contributed by atoms with Crippen molar-refractivity contribution in [2.75, 3.05) is 6.61 Å². The van der Waals surface area contributed by atoms with Crippen molar-refractivity contribution in [3.05, 3.63) is 30.1 Å². The summed E-state index contributed by atoms with van der Waals surface area (Å²) in [6.07, 6.45) is 5.67. The largest absolute Gasteiger partial charge is 0.465 e. The first-order valence-electron chi connectivity index (χ1n) is 5.53. The molecule has 0 bridgehead atoms. The quantitative estimate of drug-likeness (QED) is 0.471. The molecule has 0 radical (unpaired) electrons. The summed E-state index contributed by atoms with van der Waals surface area (Å²) in [5.74, 6) is -0.634. The molecule has 1 atom stereocenters. The summed E-state index contributed by atoms with van der Waals surface area (Å²) in [5, 5.41) is 0. The van der Waals surface area contributed by atoms with Crippen LogP contribution in [0.4, 0.5) is 0 Å². The van der Waals surface area contributed by atoms with E-state index in [4.69, 9.17) is 27.9 Å². The minimum atomic E-state index is -0.888. The molecule has 2 rings (SSSR count). The van der Waals surface area contributed by atoms with E-state index in [1.165, 1.54) is 0 Å². The average Bonchev–Trinajstić information content (AvgIpc) is 2.95. The van der Waals surface area contributed by atoms with Gasteiger partial charge in [0.2, 0.25) is 0 Å². The van der Waals surface area contributed by atoms with Gasteiger partial charge in [-0.25, -0.2) is 0 Å². The minimum Gasteiger partial charge on any atom is -0.465 e. The number of pyridine rings is 1. The van der Waals surface area contributed by atoms with Gasteiger partial charge >= 0.3 is 5.97 Å². The molecule has 5 heteroatoms. The van der Waals surface area contributed by atoms with Crippen LogP contribution < -0.4 is 0 Å². The molecule has 0 aliphatic heterocycles. The number of ether oxygens (including phenoxy) is 1. The van der Waals surface area contributed by atoms with Crippen LogP contribution in [-0.4, -0.2) is 21.9 Å². The lowest BCUT2D eigenvalue weighted by molar-refractivity contribution is -0.145. The van der Waals surface area contributed by atoms with E-state index in [0.29, 0.717) is 13.0 Å². The Kier molecular flexibility index (Phi) is 3.89. The van der Waals surface area contributed by atoms with Crippen LogP contribution in [0.1, 0.15) is 18.4 Å². The SMILES string of the molecule is O=C(OCCCc1cccnc1)C1CC1(Cl)Cl.